The van der Waals surface area contributed by atoms with Crippen molar-refractivity contribution in [2.75, 3.05) is 0 Å². The van der Waals surface area contributed by atoms with Crippen molar-refractivity contribution in [1.29, 1.82) is 0 Å². The average molecular weight is 380 g/mol. The van der Waals surface area contributed by atoms with Crippen LogP contribution in [0.3, 0.4) is 0 Å². The fourth-order valence-electron chi connectivity index (χ4n) is 2.74. The van der Waals surface area contributed by atoms with Crippen molar-refractivity contribution in [3.05, 3.63) is 71.8 Å². The van der Waals surface area contributed by atoms with Gasteiger partial charge in [0.15, 0.2) is 5.78 Å². The van der Waals surface area contributed by atoms with E-state index in [0.29, 0.717) is 17.7 Å². The highest BCUT2D eigenvalue weighted by atomic mass is 16.5. The molecule has 4 nitrogen and oxygen atoms in total. The third-order valence-corrected chi connectivity index (χ3v) is 3.87. The Hall–Kier alpha value is -3.01. The molecule has 0 aliphatic heterocycles. The first-order chi connectivity index (χ1) is 13.3. The zero-order chi connectivity index (χ0) is 20.7. The summed E-state index contributed by atoms with van der Waals surface area (Å²) in [5, 5.41) is 9.38. The molecule has 0 saturated heterocycles. The lowest BCUT2D eigenvalue weighted by Gasteiger charge is -2.19. The minimum atomic E-state index is -0.147. The van der Waals surface area contributed by atoms with Crippen molar-refractivity contribution in [3.63, 3.8) is 0 Å². The molecule has 28 heavy (non-hydrogen) atoms. The van der Waals surface area contributed by atoms with Crippen LogP contribution in [0, 0.1) is 0 Å². The van der Waals surface area contributed by atoms with Crippen LogP contribution in [0.15, 0.2) is 55.1 Å². The number of phenolic OH excluding ortho intramolecular Hbond substituents is 1. The van der Waals surface area contributed by atoms with Crippen LogP contribution in [0.4, 0.5) is 0 Å². The van der Waals surface area contributed by atoms with Crippen molar-refractivity contribution in [2.45, 2.75) is 46.3 Å². The number of rotatable bonds is 9. The van der Waals surface area contributed by atoms with Gasteiger partial charge < -0.3 is 14.6 Å². The lowest BCUT2D eigenvalue weighted by Crippen LogP contribution is -2.10. The molecule has 0 bridgehead atoms. The molecule has 2 rings (SSSR count). The number of carbonyl (C=O) groups is 1. The Morgan fingerprint density at radius 1 is 1.07 bits per heavy atom. The van der Waals surface area contributed by atoms with Crippen molar-refractivity contribution in [2.24, 2.45) is 0 Å². The van der Waals surface area contributed by atoms with Gasteiger partial charge in [-0.2, -0.15) is 0 Å². The van der Waals surface area contributed by atoms with E-state index in [9.17, 15) is 9.90 Å². The molecule has 0 saturated carbocycles. The zero-order valence-corrected chi connectivity index (χ0v) is 16.9. The number of hydrogen-bond acceptors (Lipinski definition) is 4. The van der Waals surface area contributed by atoms with Crippen LogP contribution >= 0.6 is 0 Å². The number of ether oxygens (including phenoxy) is 2. The minimum Gasteiger partial charge on any atom is -0.508 e. The molecule has 0 spiro atoms. The molecule has 0 atom stereocenters. The predicted molar refractivity (Wildman–Crippen MR) is 113 cm³/mol. The topological polar surface area (TPSA) is 55.8 Å². The summed E-state index contributed by atoms with van der Waals surface area (Å²) in [7, 11) is 0. The monoisotopic (exact) mass is 380 g/mol. The van der Waals surface area contributed by atoms with E-state index in [2.05, 4.69) is 6.58 Å². The van der Waals surface area contributed by atoms with E-state index in [1.807, 2.05) is 45.9 Å². The summed E-state index contributed by atoms with van der Waals surface area (Å²) in [4.78, 5) is 12.5. The van der Waals surface area contributed by atoms with Crippen LogP contribution in [0.5, 0.6) is 17.2 Å². The van der Waals surface area contributed by atoms with Gasteiger partial charge in [-0.15, -0.1) is 6.58 Å². The van der Waals surface area contributed by atoms with Gasteiger partial charge in [0.25, 0.3) is 0 Å². The average Bonchev–Trinajstić information content (AvgIpc) is 2.61. The lowest BCUT2D eigenvalue weighted by atomic mass is 10.0. The molecule has 0 aliphatic carbocycles. The van der Waals surface area contributed by atoms with E-state index >= 15 is 0 Å². The highest BCUT2D eigenvalue weighted by molar-refractivity contribution is 6.07. The molecule has 2 aromatic carbocycles. The molecule has 0 unspecified atom stereocenters. The molecule has 0 radical (unpaired) electrons. The van der Waals surface area contributed by atoms with E-state index in [1.54, 1.807) is 18.2 Å². The van der Waals surface area contributed by atoms with E-state index in [-0.39, 0.29) is 23.7 Å². The smallest absolute Gasteiger partial charge is 0.185 e. The van der Waals surface area contributed by atoms with Gasteiger partial charge in [-0.25, -0.2) is 0 Å². The summed E-state index contributed by atoms with van der Waals surface area (Å²) in [6.45, 7) is 11.7. The summed E-state index contributed by atoms with van der Waals surface area (Å²) in [6.07, 6.45) is 5.74. The Morgan fingerprint density at radius 3 is 2.29 bits per heavy atom. The fraction of sp³-hybridized carbons (Fsp3) is 0.292. The number of ketones is 1. The molecule has 2 aromatic rings. The molecule has 1 N–H and O–H groups in total. The summed E-state index contributed by atoms with van der Waals surface area (Å²) in [6, 6.07) is 9.98. The van der Waals surface area contributed by atoms with Gasteiger partial charge in [0.1, 0.15) is 17.2 Å². The Morgan fingerprint density at radius 2 is 1.71 bits per heavy atom. The van der Waals surface area contributed by atoms with Crippen LogP contribution in [-0.2, 0) is 6.42 Å². The Bertz CT molecular complexity index is 846. The largest absolute Gasteiger partial charge is 0.508 e. The second-order valence-corrected chi connectivity index (χ2v) is 7.06. The quantitative estimate of drug-likeness (QED) is 0.350. The van der Waals surface area contributed by atoms with Crippen molar-refractivity contribution < 1.29 is 19.4 Å². The van der Waals surface area contributed by atoms with Gasteiger partial charge in [0, 0.05) is 17.2 Å². The number of aromatic hydroxyl groups is 1. The van der Waals surface area contributed by atoms with Gasteiger partial charge in [0.05, 0.1) is 12.2 Å². The van der Waals surface area contributed by atoms with E-state index < -0.39 is 0 Å². The van der Waals surface area contributed by atoms with Crippen LogP contribution in [0.25, 0.3) is 6.08 Å². The normalized spacial score (nSPS) is 11.2. The third-order valence-electron chi connectivity index (χ3n) is 3.87. The van der Waals surface area contributed by atoms with E-state index in [1.165, 1.54) is 18.2 Å². The predicted octanol–water partition coefficient (Wildman–Crippen LogP) is 5.59. The number of phenols is 1. The summed E-state index contributed by atoms with van der Waals surface area (Å²) < 4.78 is 11.9. The van der Waals surface area contributed by atoms with Crippen molar-refractivity contribution >= 4 is 11.9 Å². The third kappa shape index (κ3) is 6.02. The zero-order valence-electron chi connectivity index (χ0n) is 16.9. The Balaban J connectivity index is 2.44. The summed E-state index contributed by atoms with van der Waals surface area (Å²) in [5.41, 5.74) is 2.31. The fourth-order valence-corrected chi connectivity index (χ4v) is 2.74. The minimum absolute atomic E-state index is 0.00771. The maximum atomic E-state index is 12.5. The highest BCUT2D eigenvalue weighted by Gasteiger charge is 2.13. The van der Waals surface area contributed by atoms with Crippen LogP contribution < -0.4 is 9.47 Å². The molecule has 4 heteroatoms. The van der Waals surface area contributed by atoms with Crippen molar-refractivity contribution in [3.8, 4) is 17.2 Å². The van der Waals surface area contributed by atoms with E-state index in [0.717, 1.165) is 16.9 Å². The molecule has 0 amide bonds. The summed E-state index contributed by atoms with van der Waals surface area (Å²) >= 11 is 0. The molecule has 0 aromatic heterocycles. The Labute approximate surface area is 167 Å². The van der Waals surface area contributed by atoms with Gasteiger partial charge in [-0.1, -0.05) is 12.2 Å². The molecule has 148 valence electrons. The maximum absolute atomic E-state index is 12.5. The number of benzene rings is 2. The molecule has 0 aliphatic rings. The molecular weight excluding hydrogens is 352 g/mol. The maximum Gasteiger partial charge on any atom is 0.185 e. The van der Waals surface area contributed by atoms with Crippen LogP contribution in [0.2, 0.25) is 0 Å². The lowest BCUT2D eigenvalue weighted by molar-refractivity contribution is 0.104. The first-order valence-electron chi connectivity index (χ1n) is 9.42. The molecule has 0 fully saturated rings. The SMILES string of the molecule is C=CCc1c(C=CC(=O)c2ccc(O)cc2)cc(OC(C)C)cc1OC(C)C. The second kappa shape index (κ2) is 9.79. The standard InChI is InChI=1S/C24H28O4/c1-6-7-22-19(10-13-23(26)18-8-11-20(25)12-9-18)14-21(27-16(2)3)15-24(22)28-17(4)5/h6,8-17,25H,1,7H2,2-5H3. The molecule has 0 heterocycles. The number of hydrogen-bond donors (Lipinski definition) is 1. The van der Waals surface area contributed by atoms with Gasteiger partial charge >= 0.3 is 0 Å². The summed E-state index contributed by atoms with van der Waals surface area (Å²) in [5.74, 6) is 1.40. The van der Waals surface area contributed by atoms with Crippen LogP contribution in [-0.4, -0.2) is 23.1 Å². The number of carbonyl (C=O) groups excluding carboxylic acids is 1. The van der Waals surface area contributed by atoms with Crippen LogP contribution in [0.1, 0.15) is 49.2 Å². The van der Waals surface area contributed by atoms with Crippen molar-refractivity contribution in [1.82, 2.24) is 0 Å². The van der Waals surface area contributed by atoms with E-state index in [4.69, 9.17) is 9.47 Å². The van der Waals surface area contributed by atoms with Gasteiger partial charge in [-0.05, 0) is 76.1 Å². The first kappa shape index (κ1) is 21.3. The Kier molecular flexibility index (Phi) is 7.44. The first-order valence-corrected chi connectivity index (χ1v) is 9.42. The highest BCUT2D eigenvalue weighted by Crippen LogP contribution is 2.32. The van der Waals surface area contributed by atoms with Gasteiger partial charge in [0.2, 0.25) is 0 Å². The molecular formula is C24H28O4. The van der Waals surface area contributed by atoms with Gasteiger partial charge in [-0.3, -0.25) is 4.79 Å². The number of allylic oxidation sites excluding steroid dienone is 2. The second-order valence-electron chi connectivity index (χ2n) is 7.06.